The average molecular weight is 384 g/mol. The Labute approximate surface area is 152 Å². The summed E-state index contributed by atoms with van der Waals surface area (Å²) in [5.41, 5.74) is 0.712. The van der Waals surface area contributed by atoms with Gasteiger partial charge in [0.05, 0.1) is 7.11 Å². The second kappa shape index (κ2) is 8.43. The minimum Gasteiger partial charge on any atom is -0.465 e. The van der Waals surface area contributed by atoms with E-state index in [0.717, 1.165) is 18.2 Å². The molecule has 27 heavy (non-hydrogen) atoms. The predicted octanol–water partition coefficient (Wildman–Crippen LogP) is 4.03. The smallest absolute Gasteiger partial charge is 0.465 e. The molecule has 0 atom stereocenters. The lowest BCUT2D eigenvalue weighted by Crippen LogP contribution is -2.16. The number of alkyl halides is 3. The first kappa shape index (κ1) is 20.1. The van der Waals surface area contributed by atoms with Gasteiger partial charge < -0.3 is 18.6 Å². The molecule has 0 amide bonds. The van der Waals surface area contributed by atoms with Crippen LogP contribution in [0.2, 0.25) is 0 Å². The van der Waals surface area contributed by atoms with E-state index in [9.17, 15) is 22.8 Å². The van der Waals surface area contributed by atoms with Crippen molar-refractivity contribution < 1.29 is 41.4 Å². The van der Waals surface area contributed by atoms with Crippen molar-refractivity contribution in [3.63, 3.8) is 0 Å². The van der Waals surface area contributed by atoms with Crippen LogP contribution < -0.4 is 4.74 Å². The Morgan fingerprint density at radius 1 is 1.19 bits per heavy atom. The number of methoxy groups -OCH3 is 1. The first-order valence-corrected chi connectivity index (χ1v) is 7.56. The van der Waals surface area contributed by atoms with E-state index in [1.54, 1.807) is 6.92 Å². The fourth-order valence-corrected chi connectivity index (χ4v) is 2.06. The van der Waals surface area contributed by atoms with Crippen LogP contribution in [0.3, 0.4) is 0 Å². The number of halogens is 3. The van der Waals surface area contributed by atoms with Gasteiger partial charge in [0, 0.05) is 6.08 Å². The quantitative estimate of drug-likeness (QED) is 0.553. The van der Waals surface area contributed by atoms with Crippen LogP contribution in [0.5, 0.6) is 5.75 Å². The van der Waals surface area contributed by atoms with Crippen LogP contribution in [0.15, 0.2) is 40.8 Å². The van der Waals surface area contributed by atoms with Gasteiger partial charge in [0.1, 0.15) is 29.4 Å². The Bertz CT molecular complexity index is 834. The molecule has 2 rings (SSSR count). The van der Waals surface area contributed by atoms with Crippen molar-refractivity contribution in [1.82, 2.24) is 0 Å². The fourth-order valence-electron chi connectivity index (χ4n) is 2.06. The number of furan rings is 1. The molecule has 0 unspecified atom stereocenters. The normalized spacial score (nSPS) is 11.4. The molecule has 9 heteroatoms. The predicted molar refractivity (Wildman–Crippen MR) is 86.7 cm³/mol. The van der Waals surface area contributed by atoms with Gasteiger partial charge in [0.25, 0.3) is 0 Å². The number of hydrogen-bond donors (Lipinski definition) is 0. The van der Waals surface area contributed by atoms with Gasteiger partial charge >= 0.3 is 18.3 Å². The Morgan fingerprint density at radius 3 is 2.44 bits per heavy atom. The highest BCUT2D eigenvalue weighted by Gasteiger charge is 2.30. The maximum atomic E-state index is 12.1. The summed E-state index contributed by atoms with van der Waals surface area (Å²) in [4.78, 5) is 23.2. The molecule has 0 aliphatic rings. The maximum absolute atomic E-state index is 12.1. The van der Waals surface area contributed by atoms with E-state index in [1.807, 2.05) is 0 Å². The fraction of sp³-hybridized carbons (Fsp3) is 0.222. The van der Waals surface area contributed by atoms with E-state index in [1.165, 1.54) is 31.4 Å². The molecule has 0 aliphatic carbocycles. The van der Waals surface area contributed by atoms with E-state index < -0.39 is 18.3 Å². The summed E-state index contributed by atoms with van der Waals surface area (Å²) in [7, 11) is 1.24. The molecule has 0 saturated heterocycles. The minimum atomic E-state index is -4.76. The van der Waals surface area contributed by atoms with Crippen LogP contribution in [-0.4, -0.2) is 25.4 Å². The number of rotatable bonds is 6. The largest absolute Gasteiger partial charge is 0.573 e. The first-order chi connectivity index (χ1) is 12.7. The molecule has 0 aliphatic heterocycles. The molecule has 0 fully saturated rings. The number of carbonyl (C=O) groups is 2. The average Bonchev–Trinajstić information content (AvgIpc) is 2.98. The minimum absolute atomic E-state index is 0.195. The van der Waals surface area contributed by atoms with Crippen molar-refractivity contribution in [3.05, 3.63) is 59.1 Å². The van der Waals surface area contributed by atoms with Crippen LogP contribution in [0, 0.1) is 6.92 Å². The van der Waals surface area contributed by atoms with E-state index in [4.69, 9.17) is 9.15 Å². The Kier molecular flexibility index (Phi) is 6.27. The summed E-state index contributed by atoms with van der Waals surface area (Å²) >= 11 is 0. The summed E-state index contributed by atoms with van der Waals surface area (Å²) in [5, 5.41) is 0. The molecule has 1 heterocycles. The van der Waals surface area contributed by atoms with Gasteiger partial charge in [-0.1, -0.05) is 12.1 Å². The third kappa shape index (κ3) is 6.21. The highest BCUT2D eigenvalue weighted by molar-refractivity contribution is 5.90. The van der Waals surface area contributed by atoms with Crippen molar-refractivity contribution >= 4 is 18.0 Å². The lowest BCUT2D eigenvalue weighted by atomic mass is 10.2. The highest BCUT2D eigenvalue weighted by Crippen LogP contribution is 2.23. The van der Waals surface area contributed by atoms with Crippen LogP contribution >= 0.6 is 0 Å². The second-order valence-electron chi connectivity index (χ2n) is 5.23. The zero-order valence-electron chi connectivity index (χ0n) is 14.3. The van der Waals surface area contributed by atoms with Gasteiger partial charge in [0.15, 0.2) is 0 Å². The molecule has 1 aromatic heterocycles. The maximum Gasteiger partial charge on any atom is 0.573 e. The summed E-state index contributed by atoms with van der Waals surface area (Å²) in [6.07, 6.45) is -2.29. The number of benzene rings is 1. The molecule has 0 spiro atoms. The Balaban J connectivity index is 1.89. The number of esters is 2. The Morgan fingerprint density at radius 2 is 1.85 bits per heavy atom. The molecule has 0 saturated carbocycles. The van der Waals surface area contributed by atoms with Gasteiger partial charge in [-0.25, -0.2) is 9.59 Å². The lowest BCUT2D eigenvalue weighted by Gasteiger charge is -2.08. The molecular weight excluding hydrogens is 369 g/mol. The molecule has 0 radical (unpaired) electrons. The third-order valence-electron chi connectivity index (χ3n) is 3.26. The summed E-state index contributed by atoms with van der Waals surface area (Å²) in [5.74, 6) is -1.02. The van der Waals surface area contributed by atoms with Crippen molar-refractivity contribution in [2.45, 2.75) is 19.9 Å². The van der Waals surface area contributed by atoms with E-state index in [0.29, 0.717) is 11.3 Å². The number of hydrogen-bond acceptors (Lipinski definition) is 6. The van der Waals surface area contributed by atoms with Gasteiger partial charge in [-0.3, -0.25) is 0 Å². The summed E-state index contributed by atoms with van der Waals surface area (Å²) in [6.45, 7) is 1.38. The zero-order valence-corrected chi connectivity index (χ0v) is 14.3. The van der Waals surface area contributed by atoms with E-state index >= 15 is 0 Å². The SMILES string of the molecule is COC(=O)c1cc(COC(=O)/C=C/c2ccc(OC(F)(F)F)cc2)oc1C. The van der Waals surface area contributed by atoms with Crippen molar-refractivity contribution in [2.24, 2.45) is 0 Å². The second-order valence-corrected chi connectivity index (χ2v) is 5.23. The van der Waals surface area contributed by atoms with Gasteiger partial charge in [0.2, 0.25) is 0 Å². The van der Waals surface area contributed by atoms with E-state index in [2.05, 4.69) is 9.47 Å². The number of aryl methyl sites for hydroxylation is 1. The standard InChI is InChI=1S/C18H15F3O6/c1-11-15(17(23)24-2)9-14(26-11)10-25-16(22)8-5-12-3-6-13(7-4-12)27-18(19,20)21/h3-9H,10H2,1-2H3/b8-5+. The van der Waals surface area contributed by atoms with Crippen molar-refractivity contribution in [3.8, 4) is 5.75 Å². The topological polar surface area (TPSA) is 75.0 Å². The van der Waals surface area contributed by atoms with Crippen molar-refractivity contribution in [1.29, 1.82) is 0 Å². The molecule has 144 valence electrons. The van der Waals surface area contributed by atoms with Crippen LogP contribution in [0.1, 0.15) is 27.4 Å². The van der Waals surface area contributed by atoms with Crippen LogP contribution in [-0.2, 0) is 20.9 Å². The zero-order chi connectivity index (χ0) is 20.0. The summed E-state index contributed by atoms with van der Waals surface area (Å²) < 4.78 is 54.9. The molecule has 2 aromatic rings. The highest BCUT2D eigenvalue weighted by atomic mass is 19.4. The molecule has 0 bridgehead atoms. The van der Waals surface area contributed by atoms with Crippen LogP contribution in [0.4, 0.5) is 13.2 Å². The van der Waals surface area contributed by atoms with Gasteiger partial charge in [-0.15, -0.1) is 13.2 Å². The van der Waals surface area contributed by atoms with Crippen molar-refractivity contribution in [2.75, 3.05) is 7.11 Å². The molecule has 6 nitrogen and oxygen atoms in total. The first-order valence-electron chi connectivity index (χ1n) is 7.56. The third-order valence-corrected chi connectivity index (χ3v) is 3.26. The van der Waals surface area contributed by atoms with Gasteiger partial charge in [-0.05, 0) is 36.8 Å². The molecular formula is C18H15F3O6. The van der Waals surface area contributed by atoms with Crippen LogP contribution in [0.25, 0.3) is 6.08 Å². The van der Waals surface area contributed by atoms with Gasteiger partial charge in [-0.2, -0.15) is 0 Å². The number of ether oxygens (including phenoxy) is 3. The Hall–Kier alpha value is -3.23. The molecule has 1 aromatic carbocycles. The molecule has 0 N–H and O–H groups in total. The monoisotopic (exact) mass is 384 g/mol. The summed E-state index contributed by atoms with van der Waals surface area (Å²) in [6, 6.07) is 6.36. The lowest BCUT2D eigenvalue weighted by molar-refractivity contribution is -0.274. The number of carbonyl (C=O) groups excluding carboxylic acids is 2. The van der Waals surface area contributed by atoms with E-state index in [-0.39, 0.29) is 23.7 Å².